The molecule has 1 amide bonds. The van der Waals surface area contributed by atoms with Crippen molar-refractivity contribution in [1.29, 1.82) is 0 Å². The monoisotopic (exact) mass is 232 g/mol. The molecule has 0 atom stereocenters. The third-order valence-electron chi connectivity index (χ3n) is 3.40. The molecule has 1 aliphatic rings. The predicted octanol–water partition coefficient (Wildman–Crippen LogP) is 2.34. The van der Waals surface area contributed by atoms with Crippen LogP contribution in [0.15, 0.2) is 18.2 Å². The van der Waals surface area contributed by atoms with Crippen LogP contribution in [0.2, 0.25) is 0 Å². The predicted molar refractivity (Wildman–Crippen MR) is 69.5 cm³/mol. The van der Waals surface area contributed by atoms with E-state index in [1.54, 1.807) is 0 Å². The lowest BCUT2D eigenvalue weighted by atomic mass is 9.97. The molecule has 0 saturated carbocycles. The summed E-state index contributed by atoms with van der Waals surface area (Å²) in [5, 5.41) is 0. The van der Waals surface area contributed by atoms with E-state index in [2.05, 4.69) is 13.0 Å². The molecule has 0 fully saturated rings. The van der Waals surface area contributed by atoms with Crippen molar-refractivity contribution in [3.05, 3.63) is 29.3 Å². The number of amides is 1. The van der Waals surface area contributed by atoms with Gasteiger partial charge in [-0.3, -0.25) is 4.79 Å². The molecule has 0 unspecified atom stereocenters. The molecule has 3 heteroatoms. The van der Waals surface area contributed by atoms with Gasteiger partial charge in [0.1, 0.15) is 0 Å². The minimum absolute atomic E-state index is 0.278. The van der Waals surface area contributed by atoms with E-state index in [-0.39, 0.29) is 5.91 Å². The van der Waals surface area contributed by atoms with Crippen LogP contribution in [-0.4, -0.2) is 17.4 Å². The number of benzene rings is 1. The summed E-state index contributed by atoms with van der Waals surface area (Å²) in [6, 6.07) is 5.98. The number of carbonyl (C=O) groups excluding carboxylic acids is 1. The van der Waals surface area contributed by atoms with E-state index in [0.717, 1.165) is 38.0 Å². The molecule has 17 heavy (non-hydrogen) atoms. The second-order valence-electron chi connectivity index (χ2n) is 4.65. The standard InChI is InChI=1S/C14H20N2O/c1-2-3-7-14(17)16-9-8-12-11(10-16)5-4-6-13(12)15/h4-6H,2-3,7-10,15H2,1H3. The van der Waals surface area contributed by atoms with Crippen molar-refractivity contribution in [1.82, 2.24) is 4.90 Å². The Morgan fingerprint density at radius 3 is 3.06 bits per heavy atom. The number of unbranched alkanes of at least 4 members (excludes halogenated alkanes) is 1. The lowest BCUT2D eigenvalue weighted by Gasteiger charge is -2.29. The number of nitrogens with zero attached hydrogens (tertiary/aromatic N) is 1. The highest BCUT2D eigenvalue weighted by molar-refractivity contribution is 5.76. The zero-order chi connectivity index (χ0) is 12.3. The number of fused-ring (bicyclic) bond motifs is 1. The molecule has 2 N–H and O–H groups in total. The van der Waals surface area contributed by atoms with E-state index >= 15 is 0 Å². The van der Waals surface area contributed by atoms with Crippen molar-refractivity contribution < 1.29 is 4.79 Å². The van der Waals surface area contributed by atoms with E-state index in [4.69, 9.17) is 5.73 Å². The zero-order valence-electron chi connectivity index (χ0n) is 10.4. The first-order valence-electron chi connectivity index (χ1n) is 6.36. The van der Waals surface area contributed by atoms with Crippen molar-refractivity contribution in [2.45, 2.75) is 39.2 Å². The Kier molecular flexibility index (Phi) is 3.67. The number of anilines is 1. The van der Waals surface area contributed by atoms with Crippen molar-refractivity contribution >= 4 is 11.6 Å². The molecule has 1 aromatic carbocycles. The molecule has 2 rings (SSSR count). The highest BCUT2D eigenvalue weighted by Gasteiger charge is 2.21. The number of nitrogen functional groups attached to an aromatic ring is 1. The van der Waals surface area contributed by atoms with Crippen LogP contribution >= 0.6 is 0 Å². The average molecular weight is 232 g/mol. The highest BCUT2D eigenvalue weighted by Crippen LogP contribution is 2.24. The highest BCUT2D eigenvalue weighted by atomic mass is 16.2. The molecule has 1 aromatic rings. The molecule has 0 aromatic heterocycles. The topological polar surface area (TPSA) is 46.3 Å². The summed E-state index contributed by atoms with van der Waals surface area (Å²) in [5.41, 5.74) is 9.24. The summed E-state index contributed by atoms with van der Waals surface area (Å²) in [4.78, 5) is 13.9. The summed E-state index contributed by atoms with van der Waals surface area (Å²) in [7, 11) is 0. The van der Waals surface area contributed by atoms with E-state index in [1.807, 2.05) is 17.0 Å². The van der Waals surface area contributed by atoms with Crippen LogP contribution in [0.3, 0.4) is 0 Å². The van der Waals surface area contributed by atoms with Crippen molar-refractivity contribution in [2.24, 2.45) is 0 Å². The average Bonchev–Trinajstić information content (AvgIpc) is 2.36. The minimum Gasteiger partial charge on any atom is -0.398 e. The second-order valence-corrected chi connectivity index (χ2v) is 4.65. The van der Waals surface area contributed by atoms with Crippen LogP contribution in [0.25, 0.3) is 0 Å². The van der Waals surface area contributed by atoms with Gasteiger partial charge in [0.25, 0.3) is 0 Å². The smallest absolute Gasteiger partial charge is 0.222 e. The Morgan fingerprint density at radius 2 is 2.29 bits per heavy atom. The fourth-order valence-electron chi connectivity index (χ4n) is 2.34. The maximum Gasteiger partial charge on any atom is 0.222 e. The quantitative estimate of drug-likeness (QED) is 0.813. The summed E-state index contributed by atoms with van der Waals surface area (Å²) < 4.78 is 0. The lowest BCUT2D eigenvalue weighted by Crippen LogP contribution is -2.36. The van der Waals surface area contributed by atoms with Gasteiger partial charge < -0.3 is 10.6 Å². The van der Waals surface area contributed by atoms with Gasteiger partial charge in [-0.2, -0.15) is 0 Å². The molecule has 1 heterocycles. The van der Waals surface area contributed by atoms with Gasteiger partial charge in [0.05, 0.1) is 0 Å². The Labute approximate surface area is 103 Å². The molecule has 0 bridgehead atoms. The number of hydrogen-bond donors (Lipinski definition) is 1. The van der Waals surface area contributed by atoms with Crippen LogP contribution in [0.4, 0.5) is 5.69 Å². The molecule has 3 nitrogen and oxygen atoms in total. The van der Waals surface area contributed by atoms with Gasteiger partial charge >= 0.3 is 0 Å². The number of hydrogen-bond acceptors (Lipinski definition) is 2. The number of carbonyl (C=O) groups is 1. The molecule has 0 saturated heterocycles. The fourth-order valence-corrected chi connectivity index (χ4v) is 2.34. The minimum atomic E-state index is 0.278. The van der Waals surface area contributed by atoms with E-state index in [0.29, 0.717) is 6.42 Å². The first-order valence-corrected chi connectivity index (χ1v) is 6.36. The fraction of sp³-hybridized carbons (Fsp3) is 0.500. The normalized spacial score (nSPS) is 14.5. The Balaban J connectivity index is 2.06. The van der Waals surface area contributed by atoms with Gasteiger partial charge in [0, 0.05) is 25.2 Å². The maximum absolute atomic E-state index is 11.9. The first kappa shape index (κ1) is 12.0. The van der Waals surface area contributed by atoms with Crippen LogP contribution < -0.4 is 5.73 Å². The molecular weight excluding hydrogens is 212 g/mol. The molecule has 0 aliphatic carbocycles. The van der Waals surface area contributed by atoms with Crippen LogP contribution in [0.1, 0.15) is 37.3 Å². The molecular formula is C14H20N2O. The molecule has 0 radical (unpaired) electrons. The van der Waals surface area contributed by atoms with Crippen LogP contribution in [-0.2, 0) is 17.8 Å². The van der Waals surface area contributed by atoms with E-state index in [1.165, 1.54) is 11.1 Å². The van der Waals surface area contributed by atoms with Gasteiger partial charge in [0.2, 0.25) is 5.91 Å². The maximum atomic E-state index is 11.9. The van der Waals surface area contributed by atoms with Gasteiger partial charge in [-0.05, 0) is 30.0 Å². The van der Waals surface area contributed by atoms with Crippen LogP contribution in [0, 0.1) is 0 Å². The van der Waals surface area contributed by atoms with Crippen molar-refractivity contribution in [2.75, 3.05) is 12.3 Å². The van der Waals surface area contributed by atoms with Gasteiger partial charge in [-0.1, -0.05) is 25.5 Å². The van der Waals surface area contributed by atoms with Gasteiger partial charge in [0.15, 0.2) is 0 Å². The third-order valence-corrected chi connectivity index (χ3v) is 3.40. The van der Waals surface area contributed by atoms with Crippen molar-refractivity contribution in [3.8, 4) is 0 Å². The Bertz CT molecular complexity index is 415. The Morgan fingerprint density at radius 1 is 1.47 bits per heavy atom. The molecule has 92 valence electrons. The van der Waals surface area contributed by atoms with Gasteiger partial charge in [-0.25, -0.2) is 0 Å². The number of rotatable bonds is 3. The summed E-state index contributed by atoms with van der Waals surface area (Å²) >= 11 is 0. The summed E-state index contributed by atoms with van der Waals surface area (Å²) in [5.74, 6) is 0.278. The first-order chi connectivity index (χ1) is 8.22. The largest absolute Gasteiger partial charge is 0.398 e. The number of nitrogens with two attached hydrogens (primary N) is 1. The van der Waals surface area contributed by atoms with E-state index < -0.39 is 0 Å². The lowest BCUT2D eigenvalue weighted by molar-refractivity contribution is -0.132. The van der Waals surface area contributed by atoms with Gasteiger partial charge in [-0.15, -0.1) is 0 Å². The van der Waals surface area contributed by atoms with Crippen molar-refractivity contribution in [3.63, 3.8) is 0 Å². The molecule has 1 aliphatic heterocycles. The Hall–Kier alpha value is -1.51. The van der Waals surface area contributed by atoms with E-state index in [9.17, 15) is 4.79 Å². The zero-order valence-corrected chi connectivity index (χ0v) is 10.4. The second kappa shape index (κ2) is 5.21. The third kappa shape index (κ3) is 2.60. The summed E-state index contributed by atoms with van der Waals surface area (Å²) in [6.45, 7) is 3.65. The molecule has 0 spiro atoms. The van der Waals surface area contributed by atoms with Crippen LogP contribution in [0.5, 0.6) is 0 Å². The SMILES string of the molecule is CCCCC(=O)N1CCc2c(N)cccc2C1. The summed E-state index contributed by atoms with van der Waals surface area (Å²) in [6.07, 6.45) is 3.62.